The number of carbonyl (C=O) groups is 1. The van der Waals surface area contributed by atoms with Gasteiger partial charge in [-0.3, -0.25) is 4.79 Å². The number of hydrogen-bond donors (Lipinski definition) is 2. The minimum atomic E-state index is -0.338. The maximum Gasteiger partial charge on any atom is 0.273 e. The summed E-state index contributed by atoms with van der Waals surface area (Å²) in [6, 6.07) is 3.03. The van der Waals surface area contributed by atoms with Crippen molar-refractivity contribution in [1.29, 1.82) is 0 Å². The van der Waals surface area contributed by atoms with E-state index >= 15 is 0 Å². The molecule has 0 saturated heterocycles. The lowest BCUT2D eigenvalue weighted by molar-refractivity contribution is 0.0944. The second kappa shape index (κ2) is 7.62. The largest absolute Gasteiger partial charge is 0.505 e. The molecule has 0 bridgehead atoms. The quantitative estimate of drug-likeness (QED) is 0.703. The number of nitrogens with one attached hydrogen (secondary N) is 1. The van der Waals surface area contributed by atoms with Crippen LogP contribution in [-0.2, 0) is 4.74 Å². The van der Waals surface area contributed by atoms with Gasteiger partial charge in [0.2, 0.25) is 0 Å². The van der Waals surface area contributed by atoms with Gasteiger partial charge in [0.05, 0.1) is 0 Å². The van der Waals surface area contributed by atoms with Gasteiger partial charge < -0.3 is 15.2 Å². The molecule has 1 rings (SSSR count). The Hall–Kier alpha value is -1.62. The number of aromatic hydroxyl groups is 1. The summed E-state index contributed by atoms with van der Waals surface area (Å²) in [5.41, 5.74) is 0.0735. The number of unbranched alkanes of at least 4 members (excludes halogenated alkanes) is 2. The van der Waals surface area contributed by atoms with Gasteiger partial charge in [0, 0.05) is 26.5 Å². The summed E-state index contributed by atoms with van der Waals surface area (Å²) in [6.07, 6.45) is 4.36. The average Bonchev–Trinajstić information content (AvgIpc) is 2.34. The van der Waals surface area contributed by atoms with Crippen LogP contribution in [0.5, 0.6) is 5.75 Å². The number of hydrogen-bond acceptors (Lipinski definition) is 4. The number of nitrogens with zero attached hydrogens (tertiary/aromatic N) is 1. The molecule has 5 nitrogen and oxygen atoms in total. The van der Waals surface area contributed by atoms with Crippen molar-refractivity contribution in [1.82, 2.24) is 10.3 Å². The summed E-state index contributed by atoms with van der Waals surface area (Å²) in [7, 11) is 1.67. The van der Waals surface area contributed by atoms with E-state index in [1.807, 2.05) is 0 Å². The summed E-state index contributed by atoms with van der Waals surface area (Å²) in [5, 5.41) is 12.1. The smallest absolute Gasteiger partial charge is 0.273 e. The van der Waals surface area contributed by atoms with E-state index in [0.29, 0.717) is 6.54 Å². The van der Waals surface area contributed by atoms with Crippen LogP contribution < -0.4 is 5.32 Å². The first-order valence-corrected chi connectivity index (χ1v) is 5.67. The molecule has 0 aliphatic carbocycles. The average molecular weight is 238 g/mol. The van der Waals surface area contributed by atoms with Crippen LogP contribution in [0.25, 0.3) is 0 Å². The zero-order valence-electron chi connectivity index (χ0n) is 9.98. The Bertz CT molecular complexity index is 355. The maximum atomic E-state index is 11.6. The number of methoxy groups -OCH3 is 1. The Morgan fingerprint density at radius 1 is 1.47 bits per heavy atom. The topological polar surface area (TPSA) is 71.5 Å². The fraction of sp³-hybridized carbons (Fsp3) is 0.500. The van der Waals surface area contributed by atoms with Crippen LogP contribution in [-0.4, -0.2) is 36.3 Å². The minimum Gasteiger partial charge on any atom is -0.505 e. The number of carbonyl (C=O) groups excluding carboxylic acids is 1. The van der Waals surface area contributed by atoms with E-state index in [-0.39, 0.29) is 17.4 Å². The van der Waals surface area contributed by atoms with Gasteiger partial charge in [0.25, 0.3) is 5.91 Å². The SMILES string of the molecule is COCCCCCNC(=O)c1ncccc1O. The first kappa shape index (κ1) is 13.4. The second-order valence-electron chi connectivity index (χ2n) is 3.68. The molecule has 2 N–H and O–H groups in total. The van der Waals surface area contributed by atoms with Crippen molar-refractivity contribution in [3.8, 4) is 5.75 Å². The van der Waals surface area contributed by atoms with Gasteiger partial charge >= 0.3 is 0 Å². The number of ether oxygens (including phenoxy) is 1. The third kappa shape index (κ3) is 4.82. The summed E-state index contributed by atoms with van der Waals surface area (Å²) in [4.78, 5) is 15.4. The van der Waals surface area contributed by atoms with Crippen LogP contribution >= 0.6 is 0 Å². The molecule has 0 atom stereocenters. The fourth-order valence-electron chi connectivity index (χ4n) is 1.41. The van der Waals surface area contributed by atoms with Crippen LogP contribution in [0.1, 0.15) is 29.8 Å². The molecule has 0 fully saturated rings. The molecule has 1 aromatic heterocycles. The van der Waals surface area contributed by atoms with Gasteiger partial charge in [-0.05, 0) is 31.4 Å². The van der Waals surface area contributed by atoms with E-state index in [4.69, 9.17) is 4.74 Å². The summed E-state index contributed by atoms with van der Waals surface area (Å²) < 4.78 is 4.92. The minimum absolute atomic E-state index is 0.0735. The number of pyridine rings is 1. The number of aromatic nitrogens is 1. The first-order valence-electron chi connectivity index (χ1n) is 5.67. The number of amides is 1. The second-order valence-corrected chi connectivity index (χ2v) is 3.68. The normalized spacial score (nSPS) is 10.2. The predicted molar refractivity (Wildman–Crippen MR) is 64.0 cm³/mol. The molecule has 0 aliphatic heterocycles. The molecule has 0 spiro atoms. The van der Waals surface area contributed by atoms with Crippen molar-refractivity contribution >= 4 is 5.91 Å². The Morgan fingerprint density at radius 2 is 2.29 bits per heavy atom. The zero-order chi connectivity index (χ0) is 12.5. The highest BCUT2D eigenvalue weighted by Gasteiger charge is 2.10. The predicted octanol–water partition coefficient (Wildman–Crippen LogP) is 1.33. The molecule has 17 heavy (non-hydrogen) atoms. The fourth-order valence-corrected chi connectivity index (χ4v) is 1.41. The van der Waals surface area contributed by atoms with Gasteiger partial charge in [-0.15, -0.1) is 0 Å². The van der Waals surface area contributed by atoms with Crippen LogP contribution in [0.3, 0.4) is 0 Å². The van der Waals surface area contributed by atoms with Crippen molar-refractivity contribution in [2.24, 2.45) is 0 Å². The van der Waals surface area contributed by atoms with E-state index in [2.05, 4.69) is 10.3 Å². The lowest BCUT2D eigenvalue weighted by atomic mass is 10.2. The highest BCUT2D eigenvalue weighted by molar-refractivity contribution is 5.94. The van der Waals surface area contributed by atoms with Crippen molar-refractivity contribution in [3.05, 3.63) is 24.0 Å². The van der Waals surface area contributed by atoms with Crippen molar-refractivity contribution in [3.63, 3.8) is 0 Å². The van der Waals surface area contributed by atoms with E-state index in [0.717, 1.165) is 25.9 Å². The lowest BCUT2D eigenvalue weighted by Crippen LogP contribution is -2.25. The Labute approximate surface area is 101 Å². The molecule has 1 aromatic rings. The molecule has 94 valence electrons. The van der Waals surface area contributed by atoms with Crippen LogP contribution in [0.2, 0.25) is 0 Å². The van der Waals surface area contributed by atoms with E-state index < -0.39 is 0 Å². The molecular formula is C12H18N2O3. The van der Waals surface area contributed by atoms with Crippen LogP contribution in [0, 0.1) is 0 Å². The van der Waals surface area contributed by atoms with Gasteiger partial charge in [0.15, 0.2) is 5.69 Å². The molecule has 0 unspecified atom stereocenters. The zero-order valence-corrected chi connectivity index (χ0v) is 9.98. The summed E-state index contributed by atoms with van der Waals surface area (Å²) >= 11 is 0. The lowest BCUT2D eigenvalue weighted by Gasteiger charge is -2.05. The molecule has 0 radical (unpaired) electrons. The molecule has 0 saturated carbocycles. The highest BCUT2D eigenvalue weighted by atomic mass is 16.5. The van der Waals surface area contributed by atoms with Gasteiger partial charge in [0.1, 0.15) is 5.75 Å². The molecule has 0 aliphatic rings. The highest BCUT2D eigenvalue weighted by Crippen LogP contribution is 2.11. The summed E-state index contributed by atoms with van der Waals surface area (Å²) in [5.74, 6) is -0.431. The first-order chi connectivity index (χ1) is 8.25. The van der Waals surface area contributed by atoms with Gasteiger partial charge in [-0.1, -0.05) is 0 Å². The molecule has 5 heteroatoms. The van der Waals surface area contributed by atoms with Gasteiger partial charge in [-0.25, -0.2) is 4.98 Å². The monoisotopic (exact) mass is 238 g/mol. The third-order valence-corrected chi connectivity index (χ3v) is 2.31. The molecular weight excluding hydrogens is 220 g/mol. The van der Waals surface area contributed by atoms with Gasteiger partial charge in [-0.2, -0.15) is 0 Å². The Kier molecular flexibility index (Phi) is 6.03. The Balaban J connectivity index is 2.24. The molecule has 0 aromatic carbocycles. The van der Waals surface area contributed by atoms with Crippen molar-refractivity contribution in [2.45, 2.75) is 19.3 Å². The molecule has 1 amide bonds. The van der Waals surface area contributed by atoms with E-state index in [9.17, 15) is 9.90 Å². The van der Waals surface area contributed by atoms with E-state index in [1.165, 1.54) is 12.3 Å². The van der Waals surface area contributed by atoms with E-state index in [1.54, 1.807) is 13.2 Å². The molecule has 1 heterocycles. The standard InChI is InChI=1S/C12H18N2O3/c1-17-9-4-2-3-7-14-12(16)11-10(15)6-5-8-13-11/h5-6,8,15H,2-4,7,9H2,1H3,(H,14,16). The Morgan fingerprint density at radius 3 is 3.00 bits per heavy atom. The van der Waals surface area contributed by atoms with Crippen LogP contribution in [0.15, 0.2) is 18.3 Å². The number of rotatable bonds is 7. The van der Waals surface area contributed by atoms with Crippen molar-refractivity contribution in [2.75, 3.05) is 20.3 Å². The maximum absolute atomic E-state index is 11.6. The van der Waals surface area contributed by atoms with Crippen LogP contribution in [0.4, 0.5) is 0 Å². The third-order valence-electron chi connectivity index (χ3n) is 2.31. The van der Waals surface area contributed by atoms with Crippen molar-refractivity contribution < 1.29 is 14.6 Å². The summed E-state index contributed by atoms with van der Waals surface area (Å²) in [6.45, 7) is 1.33.